The van der Waals surface area contributed by atoms with E-state index in [1.54, 1.807) is 7.11 Å². The van der Waals surface area contributed by atoms with Crippen LogP contribution in [0.2, 0.25) is 0 Å². The number of unbranched alkanes of at least 4 members (excludes halogenated alkanes) is 5. The number of hydrogen-bond acceptors (Lipinski definition) is 3. The fourth-order valence-corrected chi connectivity index (χ4v) is 1.59. The van der Waals surface area contributed by atoms with Crippen molar-refractivity contribution >= 4 is 0 Å². The van der Waals surface area contributed by atoms with Gasteiger partial charge in [-0.1, -0.05) is 45.4 Å². The van der Waals surface area contributed by atoms with Crippen LogP contribution in [-0.2, 0) is 4.74 Å². The molecule has 3 heteroatoms. The lowest BCUT2D eigenvalue weighted by Crippen LogP contribution is -2.38. The summed E-state index contributed by atoms with van der Waals surface area (Å²) in [6.45, 7) is 2.96. The average Bonchev–Trinajstić information content (AvgIpc) is 2.21. The number of nitrogens with one attached hydrogen (secondary N) is 1. The molecular weight excluding hydrogens is 176 g/mol. The van der Waals surface area contributed by atoms with Gasteiger partial charge < -0.3 is 4.74 Å². The smallest absolute Gasteiger partial charge is 0.0629 e. The van der Waals surface area contributed by atoms with Gasteiger partial charge in [-0.15, -0.1) is 0 Å². The van der Waals surface area contributed by atoms with Crippen molar-refractivity contribution in [3.8, 4) is 0 Å². The van der Waals surface area contributed by atoms with Crippen LogP contribution in [0.1, 0.15) is 51.9 Å². The predicted octanol–water partition coefficient (Wildman–Crippen LogP) is 2.22. The molecule has 14 heavy (non-hydrogen) atoms. The molecule has 0 amide bonds. The molecule has 3 N–H and O–H groups in total. The van der Waals surface area contributed by atoms with E-state index in [1.807, 2.05) is 0 Å². The summed E-state index contributed by atoms with van der Waals surface area (Å²) in [7, 11) is 1.71. The molecule has 0 aromatic carbocycles. The highest BCUT2D eigenvalue weighted by Crippen LogP contribution is 2.08. The van der Waals surface area contributed by atoms with Gasteiger partial charge in [-0.05, 0) is 6.42 Å². The zero-order valence-corrected chi connectivity index (χ0v) is 9.72. The minimum atomic E-state index is 0.325. The van der Waals surface area contributed by atoms with Crippen LogP contribution in [0.25, 0.3) is 0 Å². The second-order valence-corrected chi connectivity index (χ2v) is 3.88. The maximum atomic E-state index is 5.39. The zero-order chi connectivity index (χ0) is 10.6. The van der Waals surface area contributed by atoms with Crippen LogP contribution >= 0.6 is 0 Å². The molecule has 0 aliphatic rings. The van der Waals surface area contributed by atoms with Crippen molar-refractivity contribution in [3.05, 3.63) is 0 Å². The lowest BCUT2D eigenvalue weighted by atomic mass is 10.1. The lowest BCUT2D eigenvalue weighted by Gasteiger charge is -2.14. The summed E-state index contributed by atoms with van der Waals surface area (Å²) in [5.41, 5.74) is 2.78. The van der Waals surface area contributed by atoms with Gasteiger partial charge in [0, 0.05) is 13.2 Å². The molecular formula is C11H26N2O. The highest BCUT2D eigenvalue weighted by molar-refractivity contribution is 4.61. The first-order valence-corrected chi connectivity index (χ1v) is 5.80. The molecule has 0 aliphatic heterocycles. The molecule has 0 aromatic rings. The summed E-state index contributed by atoms with van der Waals surface area (Å²) in [6, 6.07) is 0.325. The number of nitrogens with two attached hydrogens (primary N) is 1. The molecule has 0 aromatic heterocycles. The van der Waals surface area contributed by atoms with Gasteiger partial charge in [0.25, 0.3) is 0 Å². The topological polar surface area (TPSA) is 47.3 Å². The second-order valence-electron chi connectivity index (χ2n) is 3.88. The minimum Gasteiger partial charge on any atom is -0.383 e. The first-order valence-electron chi connectivity index (χ1n) is 5.80. The molecule has 0 heterocycles. The fraction of sp³-hybridized carbons (Fsp3) is 1.00. The summed E-state index contributed by atoms with van der Waals surface area (Å²) in [4.78, 5) is 0. The quantitative estimate of drug-likeness (QED) is 0.324. The van der Waals surface area contributed by atoms with Gasteiger partial charge in [-0.3, -0.25) is 11.3 Å². The van der Waals surface area contributed by atoms with E-state index in [4.69, 9.17) is 10.6 Å². The van der Waals surface area contributed by atoms with Crippen molar-refractivity contribution in [1.29, 1.82) is 0 Å². The van der Waals surface area contributed by atoms with Gasteiger partial charge in [0.15, 0.2) is 0 Å². The normalized spacial score (nSPS) is 13.1. The number of rotatable bonds is 10. The highest BCUT2D eigenvalue weighted by Gasteiger charge is 2.04. The Balaban J connectivity index is 3.15. The van der Waals surface area contributed by atoms with Crippen LogP contribution < -0.4 is 11.3 Å². The molecule has 0 saturated carbocycles. The lowest BCUT2D eigenvalue weighted by molar-refractivity contribution is 0.161. The molecule has 1 atom stereocenters. The molecule has 0 bridgehead atoms. The van der Waals surface area contributed by atoms with Gasteiger partial charge in [0.1, 0.15) is 0 Å². The number of hydrazine groups is 1. The standard InChI is InChI=1S/C11H26N2O/c1-3-4-5-6-7-8-9-11(13-12)10-14-2/h11,13H,3-10,12H2,1-2H3. The number of methoxy groups -OCH3 is 1. The van der Waals surface area contributed by atoms with E-state index in [0.29, 0.717) is 12.6 Å². The van der Waals surface area contributed by atoms with Crippen molar-refractivity contribution < 1.29 is 4.74 Å². The van der Waals surface area contributed by atoms with E-state index < -0.39 is 0 Å². The van der Waals surface area contributed by atoms with E-state index >= 15 is 0 Å². The van der Waals surface area contributed by atoms with Crippen LogP contribution in [0.3, 0.4) is 0 Å². The third-order valence-corrected chi connectivity index (χ3v) is 2.51. The van der Waals surface area contributed by atoms with Crippen molar-refractivity contribution in [2.24, 2.45) is 5.84 Å². The van der Waals surface area contributed by atoms with Crippen LogP contribution in [0.15, 0.2) is 0 Å². The summed E-state index contributed by atoms with van der Waals surface area (Å²) >= 11 is 0. The van der Waals surface area contributed by atoms with Gasteiger partial charge >= 0.3 is 0 Å². The Kier molecular flexibility index (Phi) is 10.9. The Morgan fingerprint density at radius 2 is 1.79 bits per heavy atom. The Morgan fingerprint density at radius 1 is 1.14 bits per heavy atom. The van der Waals surface area contributed by atoms with Gasteiger partial charge in [-0.25, -0.2) is 0 Å². The molecule has 3 nitrogen and oxygen atoms in total. The van der Waals surface area contributed by atoms with Crippen LogP contribution in [0.4, 0.5) is 0 Å². The van der Waals surface area contributed by atoms with E-state index in [-0.39, 0.29) is 0 Å². The SMILES string of the molecule is CCCCCCCCC(COC)NN. The summed E-state index contributed by atoms with van der Waals surface area (Å²) < 4.78 is 5.05. The van der Waals surface area contributed by atoms with Gasteiger partial charge in [0.2, 0.25) is 0 Å². The Hall–Kier alpha value is -0.120. The van der Waals surface area contributed by atoms with E-state index in [9.17, 15) is 0 Å². The summed E-state index contributed by atoms with van der Waals surface area (Å²) in [5, 5.41) is 0. The van der Waals surface area contributed by atoms with Crippen LogP contribution in [-0.4, -0.2) is 19.8 Å². The first-order chi connectivity index (χ1) is 6.85. The third-order valence-electron chi connectivity index (χ3n) is 2.51. The third kappa shape index (κ3) is 8.48. The maximum Gasteiger partial charge on any atom is 0.0629 e. The van der Waals surface area contributed by atoms with E-state index in [0.717, 1.165) is 6.42 Å². The maximum absolute atomic E-state index is 5.39. The fourth-order valence-electron chi connectivity index (χ4n) is 1.59. The van der Waals surface area contributed by atoms with Crippen LogP contribution in [0.5, 0.6) is 0 Å². The molecule has 0 radical (unpaired) electrons. The van der Waals surface area contributed by atoms with Crippen molar-refractivity contribution in [1.82, 2.24) is 5.43 Å². The molecule has 0 fully saturated rings. The van der Waals surface area contributed by atoms with Crippen molar-refractivity contribution in [2.45, 2.75) is 57.9 Å². The first kappa shape index (κ1) is 13.9. The van der Waals surface area contributed by atoms with Crippen LogP contribution in [0, 0.1) is 0 Å². The Labute approximate surface area is 88.4 Å². The summed E-state index contributed by atoms with van der Waals surface area (Å²) in [6.07, 6.45) is 9.12. The van der Waals surface area contributed by atoms with Crippen molar-refractivity contribution in [3.63, 3.8) is 0 Å². The molecule has 0 aliphatic carbocycles. The van der Waals surface area contributed by atoms with E-state index in [1.165, 1.54) is 38.5 Å². The predicted molar refractivity (Wildman–Crippen MR) is 61.0 cm³/mol. The molecule has 86 valence electrons. The van der Waals surface area contributed by atoms with Gasteiger partial charge in [-0.2, -0.15) is 0 Å². The highest BCUT2D eigenvalue weighted by atomic mass is 16.5. The number of ether oxygens (including phenoxy) is 1. The summed E-state index contributed by atoms with van der Waals surface area (Å²) in [5.74, 6) is 5.39. The molecule has 0 spiro atoms. The minimum absolute atomic E-state index is 0.325. The van der Waals surface area contributed by atoms with E-state index in [2.05, 4.69) is 12.3 Å². The largest absolute Gasteiger partial charge is 0.383 e. The van der Waals surface area contributed by atoms with Crippen molar-refractivity contribution in [2.75, 3.05) is 13.7 Å². The monoisotopic (exact) mass is 202 g/mol. The number of hydrogen-bond donors (Lipinski definition) is 2. The molecule has 0 rings (SSSR count). The van der Waals surface area contributed by atoms with Gasteiger partial charge in [0.05, 0.1) is 6.61 Å². The molecule has 1 unspecified atom stereocenters. The molecule has 0 saturated heterocycles. The zero-order valence-electron chi connectivity index (χ0n) is 9.72. The Morgan fingerprint density at radius 3 is 2.36 bits per heavy atom. The Bertz CT molecular complexity index is 109. The average molecular weight is 202 g/mol. The second kappa shape index (κ2) is 11.0.